The highest BCUT2D eigenvalue weighted by atomic mass is 127. The van der Waals surface area contributed by atoms with E-state index in [0.29, 0.717) is 19.8 Å². The highest BCUT2D eigenvalue weighted by molar-refractivity contribution is 14.0. The molecule has 8 heteroatoms. The van der Waals surface area contributed by atoms with E-state index >= 15 is 0 Å². The van der Waals surface area contributed by atoms with E-state index in [-0.39, 0.29) is 36.2 Å². The summed E-state index contributed by atoms with van der Waals surface area (Å²) >= 11 is 0. The molecule has 33 heavy (non-hydrogen) atoms. The lowest BCUT2D eigenvalue weighted by molar-refractivity contribution is 0.0171. The largest absolute Gasteiger partial charge is 0.491 e. The van der Waals surface area contributed by atoms with Gasteiger partial charge >= 0.3 is 0 Å². The number of guanidine groups is 1. The third-order valence-electron chi connectivity index (χ3n) is 4.93. The summed E-state index contributed by atoms with van der Waals surface area (Å²) in [7, 11) is 0. The normalized spacial score (nSPS) is 15.8. The van der Waals surface area contributed by atoms with Crippen molar-refractivity contribution in [3.63, 3.8) is 0 Å². The van der Waals surface area contributed by atoms with Gasteiger partial charge in [-0.2, -0.15) is 0 Å². The Balaban J connectivity index is 0.00000385. The maximum atomic E-state index is 5.74. The Morgan fingerprint density at radius 1 is 1.21 bits per heavy atom. The summed E-state index contributed by atoms with van der Waals surface area (Å²) in [6, 6.07) is 13.9. The van der Waals surface area contributed by atoms with Crippen LogP contribution in [-0.2, 0) is 15.9 Å². The monoisotopic (exact) mass is 568 g/mol. The molecule has 2 N–H and O–H groups in total. The molecule has 0 spiro atoms. The van der Waals surface area contributed by atoms with E-state index in [0.717, 1.165) is 61.9 Å². The molecule has 1 aromatic heterocycles. The van der Waals surface area contributed by atoms with Gasteiger partial charge in [0.2, 0.25) is 0 Å². The smallest absolute Gasteiger partial charge is 0.195 e. The van der Waals surface area contributed by atoms with Crippen LogP contribution in [0.2, 0.25) is 0 Å². The average Bonchev–Trinajstić information content (AvgIpc) is 3.31. The lowest BCUT2D eigenvalue weighted by atomic mass is 10.2. The van der Waals surface area contributed by atoms with E-state index in [9.17, 15) is 0 Å². The molecule has 3 rings (SSSR count). The molecule has 1 aliphatic heterocycles. The first-order valence-corrected chi connectivity index (χ1v) is 11.6. The number of benzene rings is 1. The van der Waals surface area contributed by atoms with Gasteiger partial charge < -0.3 is 24.8 Å². The zero-order chi connectivity index (χ0) is 22.4. The van der Waals surface area contributed by atoms with Gasteiger partial charge in [0.15, 0.2) is 5.96 Å². The van der Waals surface area contributed by atoms with Gasteiger partial charge in [-0.25, -0.2) is 0 Å². The molecule has 1 fully saturated rings. The third kappa shape index (κ3) is 11.2. The molecule has 182 valence electrons. The van der Waals surface area contributed by atoms with Crippen molar-refractivity contribution in [3.05, 3.63) is 54.4 Å². The first kappa shape index (κ1) is 27.3. The summed E-state index contributed by atoms with van der Waals surface area (Å²) < 4.78 is 17.1. The van der Waals surface area contributed by atoms with Gasteiger partial charge in [-0.1, -0.05) is 6.07 Å². The minimum absolute atomic E-state index is 0. The van der Waals surface area contributed by atoms with Gasteiger partial charge in [-0.3, -0.25) is 9.98 Å². The second-order valence-corrected chi connectivity index (χ2v) is 8.11. The van der Waals surface area contributed by atoms with Crippen molar-refractivity contribution in [3.8, 4) is 5.75 Å². The standard InChI is InChI=1S/C25H36N4O3.HI/c1-20(2)32-23-11-9-22(10-12-23)29-25(28-16-13-21-7-3-4-14-26-21)27-15-6-17-30-19-24-8-5-18-31-24;/h3-4,7,9-12,14,20,24H,5-6,8,13,15-19H2,1-2H3,(H2,27,28,29);1H. The van der Waals surface area contributed by atoms with Crippen molar-refractivity contribution in [2.24, 2.45) is 4.99 Å². The van der Waals surface area contributed by atoms with Crippen LogP contribution >= 0.6 is 24.0 Å². The van der Waals surface area contributed by atoms with E-state index in [2.05, 4.69) is 15.6 Å². The molecule has 2 heterocycles. The van der Waals surface area contributed by atoms with Gasteiger partial charge in [-0.05, 0) is 69.5 Å². The molecule has 7 nitrogen and oxygen atoms in total. The SMILES string of the molecule is CC(C)Oc1ccc(NC(=NCCCOCC2CCCO2)NCCc2ccccn2)cc1.I. The van der Waals surface area contributed by atoms with Gasteiger partial charge in [0.25, 0.3) is 0 Å². The molecule has 1 unspecified atom stereocenters. The fraction of sp³-hybridized carbons (Fsp3) is 0.520. The summed E-state index contributed by atoms with van der Waals surface area (Å²) in [5, 5.41) is 6.79. The van der Waals surface area contributed by atoms with Crippen molar-refractivity contribution in [1.82, 2.24) is 10.3 Å². The number of anilines is 1. The molecule has 0 radical (unpaired) electrons. The first-order chi connectivity index (χ1) is 15.7. The van der Waals surface area contributed by atoms with Crippen LogP contribution in [0.3, 0.4) is 0 Å². The van der Waals surface area contributed by atoms with Crippen molar-refractivity contribution in [2.45, 2.75) is 51.7 Å². The Labute approximate surface area is 214 Å². The fourth-order valence-corrected chi connectivity index (χ4v) is 3.37. The zero-order valence-electron chi connectivity index (χ0n) is 19.7. The summed E-state index contributed by atoms with van der Waals surface area (Å²) in [5.74, 6) is 1.60. The van der Waals surface area contributed by atoms with Gasteiger partial charge in [0.1, 0.15) is 5.75 Å². The zero-order valence-corrected chi connectivity index (χ0v) is 22.0. The predicted octanol–water partition coefficient (Wildman–Crippen LogP) is 4.67. The number of pyridine rings is 1. The number of hydrogen-bond acceptors (Lipinski definition) is 5. The minimum Gasteiger partial charge on any atom is -0.491 e. The highest BCUT2D eigenvalue weighted by Gasteiger charge is 2.14. The van der Waals surface area contributed by atoms with Crippen LogP contribution < -0.4 is 15.4 Å². The number of rotatable bonds is 12. The van der Waals surface area contributed by atoms with Crippen LogP contribution in [0.5, 0.6) is 5.75 Å². The molecule has 1 aromatic carbocycles. The molecular formula is C25H37IN4O3. The highest BCUT2D eigenvalue weighted by Crippen LogP contribution is 2.17. The van der Waals surface area contributed by atoms with Crippen molar-refractivity contribution in [2.75, 3.05) is 38.2 Å². The van der Waals surface area contributed by atoms with Gasteiger partial charge in [-0.15, -0.1) is 24.0 Å². The van der Waals surface area contributed by atoms with Crippen LogP contribution in [0.25, 0.3) is 0 Å². The van der Waals surface area contributed by atoms with Crippen LogP contribution in [0, 0.1) is 0 Å². The number of aromatic nitrogens is 1. The Bertz CT molecular complexity index is 797. The molecule has 0 aliphatic carbocycles. The van der Waals surface area contributed by atoms with E-state index in [1.54, 1.807) is 0 Å². The number of hydrogen-bond donors (Lipinski definition) is 2. The maximum Gasteiger partial charge on any atom is 0.195 e. The average molecular weight is 569 g/mol. The van der Waals surface area contributed by atoms with Crippen LogP contribution in [-0.4, -0.2) is 56.1 Å². The molecule has 1 aliphatic rings. The minimum atomic E-state index is 0. The molecule has 1 atom stereocenters. The topological polar surface area (TPSA) is 77.0 Å². The fourth-order valence-electron chi connectivity index (χ4n) is 3.37. The lowest BCUT2D eigenvalue weighted by Gasteiger charge is -2.14. The number of halogens is 1. The Hall–Kier alpha value is -1.91. The van der Waals surface area contributed by atoms with Crippen LogP contribution in [0.1, 0.15) is 38.8 Å². The number of ether oxygens (including phenoxy) is 3. The lowest BCUT2D eigenvalue weighted by Crippen LogP contribution is -2.33. The predicted molar refractivity (Wildman–Crippen MR) is 144 cm³/mol. The summed E-state index contributed by atoms with van der Waals surface area (Å²) in [4.78, 5) is 9.10. The number of nitrogens with zero attached hydrogens (tertiary/aromatic N) is 2. The quantitative estimate of drug-likeness (QED) is 0.168. The third-order valence-corrected chi connectivity index (χ3v) is 4.93. The second kappa shape index (κ2) is 15.8. The number of nitrogens with one attached hydrogen (secondary N) is 2. The molecule has 0 amide bonds. The van der Waals surface area contributed by atoms with Gasteiger partial charge in [0, 0.05) is 50.3 Å². The first-order valence-electron chi connectivity index (χ1n) is 11.6. The molecular weight excluding hydrogens is 531 g/mol. The second-order valence-electron chi connectivity index (χ2n) is 8.11. The maximum absolute atomic E-state index is 5.74. The van der Waals surface area contributed by atoms with E-state index in [1.807, 2.05) is 62.5 Å². The summed E-state index contributed by atoms with van der Waals surface area (Å²) in [5.41, 5.74) is 2.01. The van der Waals surface area contributed by atoms with Crippen molar-refractivity contribution in [1.29, 1.82) is 0 Å². The molecule has 0 bridgehead atoms. The molecule has 0 saturated carbocycles. The Morgan fingerprint density at radius 3 is 2.76 bits per heavy atom. The summed E-state index contributed by atoms with van der Waals surface area (Å²) in [6.45, 7) is 7.70. The molecule has 1 saturated heterocycles. The van der Waals surface area contributed by atoms with E-state index < -0.39 is 0 Å². The van der Waals surface area contributed by atoms with Crippen molar-refractivity contribution >= 4 is 35.6 Å². The summed E-state index contributed by atoms with van der Waals surface area (Å²) in [6.07, 6.45) is 6.18. The van der Waals surface area contributed by atoms with Crippen LogP contribution in [0.15, 0.2) is 53.7 Å². The van der Waals surface area contributed by atoms with Crippen LogP contribution in [0.4, 0.5) is 5.69 Å². The molecule has 2 aromatic rings. The Kier molecular flexibility index (Phi) is 13.1. The van der Waals surface area contributed by atoms with E-state index in [4.69, 9.17) is 19.2 Å². The number of aliphatic imine (C=N–C) groups is 1. The Morgan fingerprint density at radius 2 is 2.06 bits per heavy atom. The van der Waals surface area contributed by atoms with Crippen molar-refractivity contribution < 1.29 is 14.2 Å². The van der Waals surface area contributed by atoms with E-state index in [1.165, 1.54) is 0 Å². The van der Waals surface area contributed by atoms with Gasteiger partial charge in [0.05, 0.1) is 18.8 Å².